The molecular formula is C21H31N3O4S. The summed E-state index contributed by atoms with van der Waals surface area (Å²) in [6.45, 7) is 3.28. The molecule has 160 valence electrons. The van der Waals surface area contributed by atoms with Crippen molar-refractivity contribution in [3.05, 3.63) is 23.8 Å². The van der Waals surface area contributed by atoms with Crippen molar-refractivity contribution in [2.24, 2.45) is 0 Å². The molecule has 0 atom stereocenters. The van der Waals surface area contributed by atoms with Gasteiger partial charge in [0.05, 0.1) is 4.90 Å². The van der Waals surface area contributed by atoms with E-state index in [1.54, 1.807) is 12.1 Å². The number of benzene rings is 1. The summed E-state index contributed by atoms with van der Waals surface area (Å²) in [6, 6.07) is 4.91. The van der Waals surface area contributed by atoms with Gasteiger partial charge in [-0.2, -0.15) is 0 Å². The van der Waals surface area contributed by atoms with E-state index in [0.717, 1.165) is 51.0 Å². The number of unbranched alkanes of at least 4 members (excludes halogenated alkanes) is 1. The number of nitrogens with zero attached hydrogens (tertiary/aromatic N) is 3. The number of ketones is 1. The fourth-order valence-electron chi connectivity index (χ4n) is 4.01. The maximum atomic E-state index is 13.0. The van der Waals surface area contributed by atoms with Crippen molar-refractivity contribution in [3.8, 4) is 0 Å². The number of carbonyl (C=O) groups is 2. The van der Waals surface area contributed by atoms with Gasteiger partial charge in [0.15, 0.2) is 5.78 Å². The van der Waals surface area contributed by atoms with Gasteiger partial charge >= 0.3 is 0 Å². The third-order valence-corrected chi connectivity index (χ3v) is 7.56. The highest BCUT2D eigenvalue weighted by Gasteiger charge is 2.24. The first kappa shape index (κ1) is 21.8. The minimum atomic E-state index is -3.60. The molecule has 2 aliphatic heterocycles. The Kier molecular flexibility index (Phi) is 6.95. The van der Waals surface area contributed by atoms with Crippen LogP contribution in [0.4, 0.5) is 5.69 Å². The molecule has 7 nitrogen and oxygen atoms in total. The molecule has 2 aliphatic rings. The molecule has 0 saturated carbocycles. The fraction of sp³-hybridized carbons (Fsp3) is 0.619. The second-order valence-corrected chi connectivity index (χ2v) is 10.2. The highest BCUT2D eigenvalue weighted by atomic mass is 32.2. The smallest absolute Gasteiger partial charge is 0.242 e. The third kappa shape index (κ3) is 4.98. The normalized spacial score (nSPS) is 17.6. The van der Waals surface area contributed by atoms with Crippen LogP contribution < -0.4 is 4.90 Å². The van der Waals surface area contributed by atoms with Crippen molar-refractivity contribution in [2.75, 3.05) is 45.2 Å². The van der Waals surface area contributed by atoms with Crippen LogP contribution in [0.5, 0.6) is 0 Å². The second kappa shape index (κ2) is 9.26. The van der Waals surface area contributed by atoms with Gasteiger partial charge in [-0.3, -0.25) is 9.59 Å². The Balaban J connectivity index is 1.73. The molecule has 0 bridgehead atoms. The second-order valence-electron chi connectivity index (χ2n) is 8.03. The Bertz CT molecular complexity index is 861. The SMILES string of the molecule is CN(C)S(=O)(=O)c1ccc(N2CCCC2)c(C(=O)CCCCN2CCCC2=O)c1. The van der Waals surface area contributed by atoms with Gasteiger partial charge in [-0.1, -0.05) is 0 Å². The summed E-state index contributed by atoms with van der Waals surface area (Å²) in [5, 5.41) is 0. The van der Waals surface area contributed by atoms with Gasteiger partial charge in [0.25, 0.3) is 0 Å². The predicted molar refractivity (Wildman–Crippen MR) is 113 cm³/mol. The van der Waals surface area contributed by atoms with E-state index in [-0.39, 0.29) is 16.6 Å². The minimum Gasteiger partial charge on any atom is -0.371 e. The number of carbonyl (C=O) groups excluding carboxylic acids is 2. The Morgan fingerprint density at radius 2 is 1.79 bits per heavy atom. The summed E-state index contributed by atoms with van der Waals surface area (Å²) in [5.41, 5.74) is 1.33. The van der Waals surface area contributed by atoms with Crippen molar-refractivity contribution < 1.29 is 18.0 Å². The number of sulfonamides is 1. The van der Waals surface area contributed by atoms with Crippen LogP contribution in [0.15, 0.2) is 23.1 Å². The Morgan fingerprint density at radius 3 is 2.41 bits per heavy atom. The summed E-state index contributed by atoms with van der Waals surface area (Å²) in [6.07, 6.45) is 5.53. The van der Waals surface area contributed by atoms with Crippen molar-refractivity contribution in [2.45, 2.75) is 49.8 Å². The molecule has 0 aromatic heterocycles. The number of Topliss-reactive ketones (excluding diaryl/α,β-unsaturated/α-hetero) is 1. The lowest BCUT2D eigenvalue weighted by molar-refractivity contribution is -0.127. The van der Waals surface area contributed by atoms with E-state index in [1.165, 1.54) is 24.5 Å². The van der Waals surface area contributed by atoms with E-state index < -0.39 is 10.0 Å². The van der Waals surface area contributed by atoms with Gasteiger partial charge in [-0.15, -0.1) is 0 Å². The number of rotatable bonds is 9. The molecule has 0 N–H and O–H groups in total. The topological polar surface area (TPSA) is 78.0 Å². The quantitative estimate of drug-likeness (QED) is 0.452. The van der Waals surface area contributed by atoms with Gasteiger partial charge in [0.2, 0.25) is 15.9 Å². The van der Waals surface area contributed by atoms with E-state index in [4.69, 9.17) is 0 Å². The number of likely N-dealkylation sites (tertiary alicyclic amines) is 1. The molecule has 1 aromatic carbocycles. The molecule has 2 heterocycles. The first-order valence-corrected chi connectivity index (χ1v) is 11.9. The molecule has 3 rings (SSSR count). The number of amides is 1. The van der Waals surface area contributed by atoms with Crippen LogP contribution >= 0.6 is 0 Å². The van der Waals surface area contributed by atoms with E-state index in [9.17, 15) is 18.0 Å². The third-order valence-electron chi connectivity index (χ3n) is 5.75. The Morgan fingerprint density at radius 1 is 1.07 bits per heavy atom. The van der Waals surface area contributed by atoms with Crippen LogP contribution in [0.3, 0.4) is 0 Å². The summed E-state index contributed by atoms with van der Waals surface area (Å²) >= 11 is 0. The van der Waals surface area contributed by atoms with Crippen LogP contribution in [0, 0.1) is 0 Å². The van der Waals surface area contributed by atoms with Crippen molar-refractivity contribution in [1.82, 2.24) is 9.21 Å². The monoisotopic (exact) mass is 421 g/mol. The molecule has 0 radical (unpaired) electrons. The highest BCUT2D eigenvalue weighted by molar-refractivity contribution is 7.89. The summed E-state index contributed by atoms with van der Waals surface area (Å²) in [4.78, 5) is 28.9. The lowest BCUT2D eigenvalue weighted by atomic mass is 10.0. The van der Waals surface area contributed by atoms with E-state index in [1.807, 2.05) is 4.90 Å². The average molecular weight is 422 g/mol. The number of anilines is 1. The molecule has 0 aliphatic carbocycles. The highest BCUT2D eigenvalue weighted by Crippen LogP contribution is 2.29. The van der Waals surface area contributed by atoms with E-state index >= 15 is 0 Å². The van der Waals surface area contributed by atoms with Crippen LogP contribution in [0.25, 0.3) is 0 Å². The first-order valence-electron chi connectivity index (χ1n) is 10.4. The largest absolute Gasteiger partial charge is 0.371 e. The van der Waals surface area contributed by atoms with Gasteiger partial charge in [0, 0.05) is 64.4 Å². The average Bonchev–Trinajstić information content (AvgIpc) is 3.36. The fourth-order valence-corrected chi connectivity index (χ4v) is 4.94. The van der Waals surface area contributed by atoms with Gasteiger partial charge in [-0.05, 0) is 50.3 Å². The van der Waals surface area contributed by atoms with Crippen LogP contribution in [-0.2, 0) is 14.8 Å². The van der Waals surface area contributed by atoms with E-state index in [0.29, 0.717) is 31.4 Å². The number of hydrogen-bond donors (Lipinski definition) is 0. The molecule has 1 amide bonds. The first-order chi connectivity index (χ1) is 13.8. The Hall–Kier alpha value is -1.93. The maximum absolute atomic E-state index is 13.0. The van der Waals surface area contributed by atoms with Crippen molar-refractivity contribution in [1.29, 1.82) is 0 Å². The lowest BCUT2D eigenvalue weighted by Crippen LogP contribution is -2.26. The molecule has 29 heavy (non-hydrogen) atoms. The minimum absolute atomic E-state index is 0.0320. The summed E-state index contributed by atoms with van der Waals surface area (Å²) in [7, 11) is -0.615. The predicted octanol–water partition coefficient (Wildman–Crippen LogP) is 2.51. The number of hydrogen-bond acceptors (Lipinski definition) is 5. The molecule has 0 unspecified atom stereocenters. The summed E-state index contributed by atoms with van der Waals surface area (Å²) in [5.74, 6) is 0.171. The zero-order chi connectivity index (χ0) is 21.0. The lowest BCUT2D eigenvalue weighted by Gasteiger charge is -2.22. The van der Waals surface area contributed by atoms with Crippen LogP contribution in [0.2, 0.25) is 0 Å². The standard InChI is InChI=1S/C21H31N3O4S/c1-22(2)29(27,28)17-10-11-19(23-12-5-6-13-23)18(16-17)20(25)8-3-4-14-24-15-7-9-21(24)26/h10-11,16H,3-9,12-15H2,1-2H3. The van der Waals surface area contributed by atoms with Gasteiger partial charge < -0.3 is 9.80 Å². The summed E-state index contributed by atoms with van der Waals surface area (Å²) < 4.78 is 26.2. The zero-order valence-corrected chi connectivity index (χ0v) is 18.2. The maximum Gasteiger partial charge on any atom is 0.242 e. The Labute approximate surface area is 173 Å². The molecule has 0 spiro atoms. The van der Waals surface area contributed by atoms with Crippen molar-refractivity contribution >= 4 is 27.4 Å². The molecule has 2 fully saturated rings. The molecule has 8 heteroatoms. The molecular weight excluding hydrogens is 390 g/mol. The van der Waals surface area contributed by atoms with Crippen molar-refractivity contribution in [3.63, 3.8) is 0 Å². The van der Waals surface area contributed by atoms with Gasteiger partial charge in [0.1, 0.15) is 0 Å². The zero-order valence-electron chi connectivity index (χ0n) is 17.4. The van der Waals surface area contributed by atoms with E-state index in [2.05, 4.69) is 4.90 Å². The van der Waals surface area contributed by atoms with Crippen LogP contribution in [-0.4, -0.2) is 69.6 Å². The molecule has 2 saturated heterocycles. The van der Waals surface area contributed by atoms with Crippen LogP contribution in [0.1, 0.15) is 55.3 Å². The van der Waals surface area contributed by atoms with Gasteiger partial charge in [-0.25, -0.2) is 12.7 Å². The molecule has 1 aromatic rings.